The second-order valence-corrected chi connectivity index (χ2v) is 8.34. The molecule has 0 bridgehead atoms. The maximum Gasteiger partial charge on any atom is 0.340 e. The Kier molecular flexibility index (Phi) is 6.18. The minimum Gasteiger partial charge on any atom is -0.497 e. The summed E-state index contributed by atoms with van der Waals surface area (Å²) < 4.78 is 8.16. The van der Waals surface area contributed by atoms with Crippen LogP contribution in [0.3, 0.4) is 0 Å². The molecule has 0 aliphatic carbocycles. The van der Waals surface area contributed by atoms with E-state index in [4.69, 9.17) is 14.7 Å². The Hall–Kier alpha value is -3.33. The number of aromatic nitrogens is 5. The second-order valence-electron chi connectivity index (χ2n) is 7.94. The van der Waals surface area contributed by atoms with Crippen LogP contribution in [0.1, 0.15) is 42.4 Å². The van der Waals surface area contributed by atoms with Crippen LogP contribution in [0.25, 0.3) is 11.2 Å². The Morgan fingerprint density at radius 1 is 1.12 bits per heavy atom. The van der Waals surface area contributed by atoms with E-state index in [-0.39, 0.29) is 11.6 Å². The quantitative estimate of drug-likeness (QED) is 0.417. The smallest absolute Gasteiger partial charge is 0.340 e. The zero-order chi connectivity index (χ0) is 22.8. The molecule has 0 spiro atoms. The summed E-state index contributed by atoms with van der Waals surface area (Å²) in [5.41, 5.74) is 3.77. The van der Waals surface area contributed by atoms with E-state index in [1.165, 1.54) is 3.97 Å². The minimum atomic E-state index is -0.263. The van der Waals surface area contributed by atoms with Crippen molar-refractivity contribution in [2.75, 3.05) is 12.4 Å². The first-order chi connectivity index (χ1) is 15.4. The van der Waals surface area contributed by atoms with Crippen molar-refractivity contribution in [3.05, 3.63) is 75.7 Å². The summed E-state index contributed by atoms with van der Waals surface area (Å²) in [7, 11) is 1.64. The van der Waals surface area contributed by atoms with Gasteiger partial charge in [0.2, 0.25) is 0 Å². The summed E-state index contributed by atoms with van der Waals surface area (Å²) >= 11 is 4.47. The number of fused-ring (bicyclic) bond motifs is 1. The van der Waals surface area contributed by atoms with Crippen LogP contribution in [0.2, 0.25) is 0 Å². The van der Waals surface area contributed by atoms with Crippen LogP contribution < -0.4 is 15.7 Å². The molecule has 1 aromatic carbocycles. The Morgan fingerprint density at radius 3 is 2.53 bits per heavy atom. The summed E-state index contributed by atoms with van der Waals surface area (Å²) in [5, 5.41) is 3.37. The van der Waals surface area contributed by atoms with Gasteiger partial charge in [-0.2, -0.15) is 0 Å². The van der Waals surface area contributed by atoms with E-state index in [9.17, 15) is 4.79 Å². The summed E-state index contributed by atoms with van der Waals surface area (Å²) in [5.74, 6) is 2.13. The van der Waals surface area contributed by atoms with Crippen molar-refractivity contribution in [1.82, 2.24) is 23.5 Å². The van der Waals surface area contributed by atoms with Gasteiger partial charge in [0.25, 0.3) is 0 Å². The molecule has 0 aliphatic heterocycles. The van der Waals surface area contributed by atoms with Gasteiger partial charge in [-0.25, -0.2) is 18.7 Å². The van der Waals surface area contributed by atoms with Gasteiger partial charge < -0.3 is 10.1 Å². The number of anilines is 1. The number of methoxy groups -OCH3 is 1. The van der Waals surface area contributed by atoms with Crippen molar-refractivity contribution in [1.29, 1.82) is 0 Å². The third kappa shape index (κ3) is 4.34. The molecule has 0 unspecified atom stereocenters. The predicted octanol–water partition coefficient (Wildman–Crippen LogP) is 3.78. The first-order valence-corrected chi connectivity index (χ1v) is 10.8. The van der Waals surface area contributed by atoms with Gasteiger partial charge >= 0.3 is 5.69 Å². The van der Waals surface area contributed by atoms with Crippen molar-refractivity contribution >= 4 is 29.8 Å². The monoisotopic (exact) mass is 450 g/mol. The van der Waals surface area contributed by atoms with E-state index >= 15 is 0 Å². The molecular weight excluding hydrogens is 424 g/mol. The maximum absolute atomic E-state index is 13.1. The van der Waals surface area contributed by atoms with Crippen LogP contribution in [0.5, 0.6) is 5.75 Å². The molecule has 0 aliphatic rings. The van der Waals surface area contributed by atoms with E-state index in [0.29, 0.717) is 35.9 Å². The average molecular weight is 451 g/mol. The molecule has 8 nitrogen and oxygen atoms in total. The average Bonchev–Trinajstić information content (AvgIpc) is 3.02. The van der Waals surface area contributed by atoms with Crippen molar-refractivity contribution in [2.24, 2.45) is 0 Å². The van der Waals surface area contributed by atoms with Gasteiger partial charge in [0, 0.05) is 24.4 Å². The minimum absolute atomic E-state index is 0.0934. The van der Waals surface area contributed by atoms with Crippen molar-refractivity contribution in [3.63, 3.8) is 0 Å². The molecule has 9 heteroatoms. The highest BCUT2D eigenvalue weighted by Gasteiger charge is 2.20. The highest BCUT2D eigenvalue weighted by Crippen LogP contribution is 2.25. The standard InChI is InChI=1S/C23H26N6O2S/c1-14(2)20-26-21(25-12-16-5-7-18(31-4)8-6-16)19-22(27-20)28(23(30)29(19)32)13-17-9-10-24-15(3)11-17/h5-11,14,32H,12-13H2,1-4H3,(H,25,26,27). The van der Waals surface area contributed by atoms with E-state index in [2.05, 4.69) is 23.1 Å². The predicted molar refractivity (Wildman–Crippen MR) is 129 cm³/mol. The van der Waals surface area contributed by atoms with Gasteiger partial charge in [0.05, 0.1) is 13.7 Å². The molecule has 32 heavy (non-hydrogen) atoms. The number of aryl methyl sites for hydroxylation is 1. The zero-order valence-electron chi connectivity index (χ0n) is 18.5. The van der Waals surface area contributed by atoms with E-state index in [0.717, 1.165) is 22.6 Å². The summed E-state index contributed by atoms with van der Waals surface area (Å²) in [6.45, 7) is 6.89. The third-order valence-electron chi connectivity index (χ3n) is 5.20. The number of ether oxygens (including phenoxy) is 1. The van der Waals surface area contributed by atoms with Gasteiger partial charge in [0.15, 0.2) is 11.5 Å². The Bertz CT molecular complexity index is 1310. The van der Waals surface area contributed by atoms with Crippen LogP contribution in [-0.2, 0) is 13.1 Å². The zero-order valence-corrected chi connectivity index (χ0v) is 19.4. The number of thiol groups is 1. The fourth-order valence-electron chi connectivity index (χ4n) is 3.48. The molecule has 0 saturated heterocycles. The normalized spacial score (nSPS) is 11.3. The van der Waals surface area contributed by atoms with Crippen LogP contribution in [-0.4, -0.2) is 30.6 Å². The highest BCUT2D eigenvalue weighted by atomic mass is 32.1. The second kappa shape index (κ2) is 9.04. The lowest BCUT2D eigenvalue weighted by Gasteiger charge is -2.12. The molecule has 3 aromatic heterocycles. The fourth-order valence-corrected chi connectivity index (χ4v) is 3.77. The van der Waals surface area contributed by atoms with Crippen LogP contribution in [0.15, 0.2) is 47.4 Å². The fraction of sp³-hybridized carbons (Fsp3) is 0.304. The van der Waals surface area contributed by atoms with Crippen molar-refractivity contribution in [3.8, 4) is 5.75 Å². The molecule has 0 fully saturated rings. The number of nitrogens with one attached hydrogen (secondary N) is 1. The molecule has 4 rings (SSSR count). The summed E-state index contributed by atoms with van der Waals surface area (Å²) in [6, 6.07) is 11.6. The lowest BCUT2D eigenvalue weighted by molar-refractivity contribution is 0.414. The molecule has 4 aromatic rings. The number of pyridine rings is 1. The molecule has 0 atom stereocenters. The third-order valence-corrected chi connectivity index (χ3v) is 5.57. The molecule has 166 valence electrons. The number of benzene rings is 1. The van der Waals surface area contributed by atoms with Gasteiger partial charge in [-0.1, -0.05) is 38.8 Å². The number of hydrogen-bond acceptors (Lipinski definition) is 7. The van der Waals surface area contributed by atoms with Gasteiger partial charge in [-0.15, -0.1) is 0 Å². The Labute approximate surface area is 191 Å². The number of hydrogen-bond donors (Lipinski definition) is 2. The van der Waals surface area contributed by atoms with E-state index in [1.807, 2.05) is 57.2 Å². The molecule has 0 amide bonds. The van der Waals surface area contributed by atoms with Crippen molar-refractivity contribution in [2.45, 2.75) is 39.8 Å². The molecular formula is C23H26N6O2S. The maximum atomic E-state index is 13.1. The molecule has 3 heterocycles. The lowest BCUT2D eigenvalue weighted by Crippen LogP contribution is -2.21. The van der Waals surface area contributed by atoms with Crippen molar-refractivity contribution < 1.29 is 4.74 Å². The molecule has 0 radical (unpaired) electrons. The van der Waals surface area contributed by atoms with Crippen LogP contribution >= 0.6 is 12.8 Å². The molecule has 1 N–H and O–H groups in total. The largest absolute Gasteiger partial charge is 0.497 e. The highest BCUT2D eigenvalue weighted by molar-refractivity contribution is 7.78. The SMILES string of the molecule is COc1ccc(CNc2nc(C(C)C)nc3c2n(S)c(=O)n3Cc2ccnc(C)c2)cc1. The lowest BCUT2D eigenvalue weighted by atomic mass is 10.2. The van der Waals surface area contributed by atoms with Gasteiger partial charge in [-0.05, 0) is 42.3 Å². The Balaban J connectivity index is 1.77. The van der Waals surface area contributed by atoms with Crippen LogP contribution in [0, 0.1) is 6.92 Å². The van der Waals surface area contributed by atoms with Crippen LogP contribution in [0.4, 0.5) is 5.82 Å². The summed E-state index contributed by atoms with van der Waals surface area (Å²) in [6.07, 6.45) is 1.74. The summed E-state index contributed by atoms with van der Waals surface area (Å²) in [4.78, 5) is 26.7. The van der Waals surface area contributed by atoms with E-state index in [1.54, 1.807) is 17.9 Å². The first kappa shape index (κ1) is 21.9. The Morgan fingerprint density at radius 2 is 1.88 bits per heavy atom. The number of nitrogens with zero attached hydrogens (tertiary/aromatic N) is 5. The van der Waals surface area contributed by atoms with Gasteiger partial charge in [0.1, 0.15) is 17.1 Å². The number of rotatable bonds is 7. The topological polar surface area (TPSA) is 86.9 Å². The molecule has 0 saturated carbocycles. The van der Waals surface area contributed by atoms with Gasteiger partial charge in [-0.3, -0.25) is 9.55 Å². The number of imidazole rings is 1. The first-order valence-electron chi connectivity index (χ1n) is 10.4. The van der Waals surface area contributed by atoms with E-state index < -0.39 is 0 Å².